The van der Waals surface area contributed by atoms with Crippen LogP contribution in [0.1, 0.15) is 25.2 Å². The maximum atomic E-state index is 13.0. The minimum absolute atomic E-state index is 0.0895. The van der Waals surface area contributed by atoms with Crippen LogP contribution in [0.15, 0.2) is 45.5 Å². The van der Waals surface area contributed by atoms with Gasteiger partial charge in [0, 0.05) is 24.7 Å². The number of thiazole rings is 1. The molecule has 0 aliphatic rings. The van der Waals surface area contributed by atoms with Gasteiger partial charge in [-0.05, 0) is 31.9 Å². The summed E-state index contributed by atoms with van der Waals surface area (Å²) in [7, 11) is 1.89. The van der Waals surface area contributed by atoms with Gasteiger partial charge in [-0.3, -0.25) is 9.48 Å². The van der Waals surface area contributed by atoms with Crippen molar-refractivity contribution >= 4 is 17.0 Å². The minimum Gasteiger partial charge on any atom is -0.321 e. The van der Waals surface area contributed by atoms with Crippen LogP contribution in [-0.2, 0) is 13.6 Å². The van der Waals surface area contributed by atoms with E-state index in [4.69, 9.17) is 4.99 Å². The number of nitrogens with zero attached hydrogens (tertiary/aromatic N) is 4. The molecule has 6 heteroatoms. The second-order valence-electron chi connectivity index (χ2n) is 6.69. The van der Waals surface area contributed by atoms with Gasteiger partial charge in [-0.15, -0.1) is 11.3 Å². The summed E-state index contributed by atoms with van der Waals surface area (Å²) in [6.45, 7) is 9.28. The van der Waals surface area contributed by atoms with Crippen LogP contribution in [0.4, 0.5) is 5.69 Å². The minimum atomic E-state index is -0.0895. The van der Waals surface area contributed by atoms with Crippen LogP contribution in [-0.4, -0.2) is 13.9 Å². The van der Waals surface area contributed by atoms with Gasteiger partial charge in [0.2, 0.25) is 0 Å². The highest BCUT2D eigenvalue weighted by atomic mass is 32.1. The predicted molar refractivity (Wildman–Crippen MR) is 103 cm³/mol. The van der Waals surface area contributed by atoms with Gasteiger partial charge in [-0.2, -0.15) is 0 Å². The van der Waals surface area contributed by atoms with E-state index in [1.165, 1.54) is 5.69 Å². The van der Waals surface area contributed by atoms with Crippen LogP contribution < -0.4 is 10.4 Å². The quantitative estimate of drug-likeness (QED) is 0.705. The van der Waals surface area contributed by atoms with E-state index < -0.39 is 0 Å². The molecule has 2 aromatic heterocycles. The zero-order chi connectivity index (χ0) is 18.1. The molecule has 0 N–H and O–H groups in total. The number of rotatable bonds is 4. The van der Waals surface area contributed by atoms with Crippen LogP contribution in [0, 0.1) is 19.8 Å². The molecule has 0 radical (unpaired) electrons. The maximum Gasteiger partial charge on any atom is 0.297 e. The first-order valence-electron chi connectivity index (χ1n) is 8.43. The van der Waals surface area contributed by atoms with E-state index in [1.807, 2.05) is 49.0 Å². The lowest BCUT2D eigenvalue weighted by atomic mass is 10.2. The van der Waals surface area contributed by atoms with Gasteiger partial charge in [0.25, 0.3) is 5.56 Å². The van der Waals surface area contributed by atoms with Crippen LogP contribution in [0.2, 0.25) is 0 Å². The third-order valence-electron chi connectivity index (χ3n) is 4.27. The zero-order valence-electron chi connectivity index (χ0n) is 15.4. The van der Waals surface area contributed by atoms with E-state index in [9.17, 15) is 4.79 Å². The molecule has 0 spiro atoms. The van der Waals surface area contributed by atoms with E-state index >= 15 is 0 Å². The van der Waals surface area contributed by atoms with Gasteiger partial charge in [0.15, 0.2) is 10.5 Å². The summed E-state index contributed by atoms with van der Waals surface area (Å²) < 4.78 is 5.72. The molecule has 0 aliphatic heterocycles. The van der Waals surface area contributed by atoms with Gasteiger partial charge in [0.05, 0.1) is 11.4 Å². The van der Waals surface area contributed by atoms with E-state index in [0.717, 1.165) is 22.7 Å². The Morgan fingerprint density at radius 3 is 2.48 bits per heavy atom. The highest BCUT2D eigenvalue weighted by Crippen LogP contribution is 2.16. The number of aromatic nitrogens is 3. The SMILES string of the molecule is Cc1csc(=Nc2c(C)n(C)n(-c3ccccc3)c2=O)n1CC(C)C. The number of para-hydroxylation sites is 1. The van der Waals surface area contributed by atoms with Crippen molar-refractivity contribution in [3.63, 3.8) is 0 Å². The van der Waals surface area contributed by atoms with Crippen molar-refractivity contribution < 1.29 is 0 Å². The molecule has 25 heavy (non-hydrogen) atoms. The maximum absolute atomic E-state index is 13.0. The first-order valence-corrected chi connectivity index (χ1v) is 9.31. The fourth-order valence-corrected chi connectivity index (χ4v) is 3.76. The molecule has 0 aliphatic carbocycles. The summed E-state index contributed by atoms with van der Waals surface area (Å²) in [4.78, 5) is 18.6. The molecule has 3 rings (SSSR count). The number of aryl methyl sites for hydroxylation is 1. The van der Waals surface area contributed by atoms with Crippen LogP contribution in [0.25, 0.3) is 5.69 Å². The third-order valence-corrected chi connectivity index (χ3v) is 5.25. The molecule has 0 bridgehead atoms. The lowest BCUT2D eigenvalue weighted by Gasteiger charge is -2.08. The summed E-state index contributed by atoms with van der Waals surface area (Å²) in [5.41, 5.74) is 3.29. The summed E-state index contributed by atoms with van der Waals surface area (Å²) in [5.74, 6) is 0.519. The number of hydrogen-bond donors (Lipinski definition) is 0. The Morgan fingerprint density at radius 1 is 1.16 bits per heavy atom. The van der Waals surface area contributed by atoms with Crippen molar-refractivity contribution in [2.24, 2.45) is 18.0 Å². The van der Waals surface area contributed by atoms with Crippen molar-refractivity contribution in [2.75, 3.05) is 0 Å². The first kappa shape index (κ1) is 17.5. The van der Waals surface area contributed by atoms with Crippen LogP contribution in [0.5, 0.6) is 0 Å². The molecular formula is C19H24N4OS. The normalized spacial score (nSPS) is 12.3. The molecule has 0 saturated heterocycles. The fourth-order valence-electron chi connectivity index (χ4n) is 2.87. The van der Waals surface area contributed by atoms with Gasteiger partial charge in [-0.25, -0.2) is 9.67 Å². The average molecular weight is 356 g/mol. The van der Waals surface area contributed by atoms with Gasteiger partial charge >= 0.3 is 0 Å². The Kier molecular flexibility index (Phi) is 4.81. The van der Waals surface area contributed by atoms with Crippen molar-refractivity contribution in [2.45, 2.75) is 34.2 Å². The molecule has 132 valence electrons. The van der Waals surface area contributed by atoms with Crippen molar-refractivity contribution in [3.05, 3.63) is 62.3 Å². The molecule has 3 aromatic rings. The Bertz CT molecular complexity index is 1000. The van der Waals surface area contributed by atoms with E-state index in [-0.39, 0.29) is 5.56 Å². The molecular weight excluding hydrogens is 332 g/mol. The Labute approximate surface area is 151 Å². The zero-order valence-corrected chi connectivity index (χ0v) is 16.2. The first-order chi connectivity index (χ1) is 11.9. The van der Waals surface area contributed by atoms with Gasteiger partial charge in [0.1, 0.15) is 0 Å². The molecule has 0 fully saturated rings. The largest absolute Gasteiger partial charge is 0.321 e. The molecule has 5 nitrogen and oxygen atoms in total. The molecule has 2 heterocycles. The number of hydrogen-bond acceptors (Lipinski definition) is 3. The lowest BCUT2D eigenvalue weighted by molar-refractivity contribution is 0.506. The molecule has 1 aromatic carbocycles. The van der Waals surface area contributed by atoms with Crippen molar-refractivity contribution in [3.8, 4) is 5.69 Å². The second kappa shape index (κ2) is 6.88. The smallest absolute Gasteiger partial charge is 0.297 e. The Balaban J connectivity index is 2.20. The van der Waals surface area contributed by atoms with Crippen molar-refractivity contribution in [1.29, 1.82) is 0 Å². The molecule has 0 amide bonds. The highest BCUT2D eigenvalue weighted by Gasteiger charge is 2.16. The predicted octanol–water partition coefficient (Wildman–Crippen LogP) is 3.54. The summed E-state index contributed by atoms with van der Waals surface area (Å²) in [6, 6.07) is 9.66. The van der Waals surface area contributed by atoms with Crippen LogP contribution in [0.3, 0.4) is 0 Å². The third kappa shape index (κ3) is 3.26. The summed E-state index contributed by atoms with van der Waals surface area (Å²) in [5, 5.41) is 2.09. The Morgan fingerprint density at radius 2 is 1.84 bits per heavy atom. The highest BCUT2D eigenvalue weighted by molar-refractivity contribution is 7.07. The van der Waals surface area contributed by atoms with Gasteiger partial charge < -0.3 is 4.57 Å². The van der Waals surface area contributed by atoms with E-state index in [2.05, 4.69) is 30.7 Å². The average Bonchev–Trinajstić information content (AvgIpc) is 3.02. The van der Waals surface area contributed by atoms with Gasteiger partial charge in [-0.1, -0.05) is 32.0 Å². The van der Waals surface area contributed by atoms with E-state index in [1.54, 1.807) is 16.0 Å². The van der Waals surface area contributed by atoms with E-state index in [0.29, 0.717) is 11.6 Å². The topological polar surface area (TPSA) is 44.2 Å². The lowest BCUT2D eigenvalue weighted by Crippen LogP contribution is -2.21. The summed E-state index contributed by atoms with van der Waals surface area (Å²) >= 11 is 1.58. The van der Waals surface area contributed by atoms with Crippen molar-refractivity contribution in [1.82, 2.24) is 13.9 Å². The second-order valence-corrected chi connectivity index (χ2v) is 7.52. The summed E-state index contributed by atoms with van der Waals surface area (Å²) in [6.07, 6.45) is 0. The Hall–Kier alpha value is -2.34. The standard InChI is InChI=1S/C19H24N4OS/c1-13(2)11-22-14(3)12-25-19(22)20-17-15(4)21(5)23(18(17)24)16-9-7-6-8-10-16/h6-10,12-13H,11H2,1-5H3. The van der Waals surface area contributed by atoms with Crippen LogP contribution >= 0.6 is 11.3 Å². The molecule has 0 atom stereocenters. The molecule has 0 unspecified atom stereocenters. The fraction of sp³-hybridized carbons (Fsp3) is 0.368. The molecule has 0 saturated carbocycles. The number of benzene rings is 1. The monoisotopic (exact) mass is 356 g/mol.